The molecular formula is C11H22N2. The first kappa shape index (κ1) is 12.5. The van der Waals surface area contributed by atoms with E-state index < -0.39 is 0 Å². The number of nitrogens with one attached hydrogen (secondary N) is 1. The summed E-state index contributed by atoms with van der Waals surface area (Å²) in [6.45, 7) is 6.29. The second-order valence-electron chi connectivity index (χ2n) is 3.24. The Morgan fingerprint density at radius 2 is 2.08 bits per heavy atom. The average molecular weight is 182 g/mol. The zero-order chi connectivity index (χ0) is 9.94. The van der Waals surface area contributed by atoms with Gasteiger partial charge in [-0.3, -0.25) is 4.90 Å². The van der Waals surface area contributed by atoms with Crippen LogP contribution < -0.4 is 5.32 Å². The van der Waals surface area contributed by atoms with Crippen molar-refractivity contribution in [1.29, 1.82) is 0 Å². The highest BCUT2D eigenvalue weighted by molar-refractivity contribution is 4.87. The minimum Gasteiger partial charge on any atom is -0.320 e. The van der Waals surface area contributed by atoms with Crippen LogP contribution in [0.25, 0.3) is 0 Å². The van der Waals surface area contributed by atoms with E-state index in [0.29, 0.717) is 0 Å². The van der Waals surface area contributed by atoms with Crippen molar-refractivity contribution >= 4 is 0 Å². The summed E-state index contributed by atoms with van der Waals surface area (Å²) in [4.78, 5) is 2.30. The summed E-state index contributed by atoms with van der Waals surface area (Å²) in [6.07, 6.45) is 9.08. The first-order chi connectivity index (χ1) is 6.35. The van der Waals surface area contributed by atoms with Gasteiger partial charge in [0, 0.05) is 0 Å². The Kier molecular flexibility index (Phi) is 9.18. The predicted molar refractivity (Wildman–Crippen MR) is 58.7 cm³/mol. The van der Waals surface area contributed by atoms with Crippen LogP contribution in [0.3, 0.4) is 0 Å². The third-order valence-electron chi connectivity index (χ3n) is 2.16. The summed E-state index contributed by atoms with van der Waals surface area (Å²) in [6, 6.07) is 0. The van der Waals surface area contributed by atoms with Gasteiger partial charge in [0.05, 0.1) is 6.54 Å². The summed E-state index contributed by atoms with van der Waals surface area (Å²) in [5.74, 6) is 2.68. The number of hydrogen-bond acceptors (Lipinski definition) is 2. The molecule has 13 heavy (non-hydrogen) atoms. The second kappa shape index (κ2) is 9.57. The molecule has 0 aromatic heterocycles. The largest absolute Gasteiger partial charge is 0.320 e. The Hall–Kier alpha value is -0.520. The Morgan fingerprint density at radius 1 is 1.31 bits per heavy atom. The monoisotopic (exact) mass is 182 g/mol. The summed E-state index contributed by atoms with van der Waals surface area (Å²) in [7, 11) is 2.00. The van der Waals surface area contributed by atoms with Gasteiger partial charge in [-0.15, -0.1) is 6.42 Å². The average Bonchev–Trinajstić information content (AvgIpc) is 2.16. The fourth-order valence-electron chi connectivity index (χ4n) is 1.29. The van der Waals surface area contributed by atoms with E-state index in [9.17, 15) is 0 Å². The van der Waals surface area contributed by atoms with Crippen LogP contribution in [0.4, 0.5) is 0 Å². The van der Waals surface area contributed by atoms with Gasteiger partial charge < -0.3 is 5.32 Å². The molecule has 0 spiro atoms. The Morgan fingerprint density at radius 3 is 2.62 bits per heavy atom. The molecule has 0 bridgehead atoms. The fourth-order valence-corrected chi connectivity index (χ4v) is 1.29. The van der Waals surface area contributed by atoms with Gasteiger partial charge in [-0.25, -0.2) is 0 Å². The lowest BCUT2D eigenvalue weighted by molar-refractivity contribution is 0.314. The highest BCUT2D eigenvalue weighted by atomic mass is 15.1. The second-order valence-corrected chi connectivity index (χ2v) is 3.24. The van der Waals surface area contributed by atoms with Gasteiger partial charge in [-0.2, -0.15) is 0 Å². The highest BCUT2D eigenvalue weighted by Gasteiger charge is 1.98. The van der Waals surface area contributed by atoms with E-state index in [1.165, 1.54) is 19.3 Å². The first-order valence-corrected chi connectivity index (χ1v) is 5.15. The maximum absolute atomic E-state index is 5.26. The summed E-state index contributed by atoms with van der Waals surface area (Å²) >= 11 is 0. The summed E-state index contributed by atoms with van der Waals surface area (Å²) < 4.78 is 0. The van der Waals surface area contributed by atoms with Crippen molar-refractivity contribution < 1.29 is 0 Å². The van der Waals surface area contributed by atoms with Crippen molar-refractivity contribution in [3.05, 3.63) is 0 Å². The van der Waals surface area contributed by atoms with Crippen LogP contribution in [-0.2, 0) is 0 Å². The Bertz CT molecular complexity index is 138. The maximum atomic E-state index is 5.26. The Labute approximate surface area is 82.7 Å². The standard InChI is InChI=1S/C11H22N2/c1-4-10-13(5-2)11-8-6-7-9-12-3/h1,12H,5-11H2,2-3H3. The third-order valence-corrected chi connectivity index (χ3v) is 2.16. The van der Waals surface area contributed by atoms with Crippen molar-refractivity contribution in [2.24, 2.45) is 0 Å². The van der Waals surface area contributed by atoms with Gasteiger partial charge >= 0.3 is 0 Å². The predicted octanol–water partition coefficient (Wildman–Crippen LogP) is 1.33. The molecule has 2 nitrogen and oxygen atoms in total. The van der Waals surface area contributed by atoms with Crippen LogP contribution in [0, 0.1) is 12.3 Å². The molecule has 0 saturated carbocycles. The molecule has 0 unspecified atom stereocenters. The van der Waals surface area contributed by atoms with Crippen LogP contribution in [0.2, 0.25) is 0 Å². The van der Waals surface area contributed by atoms with Gasteiger partial charge in [0.1, 0.15) is 0 Å². The SMILES string of the molecule is C#CCN(CC)CCCCCNC. The molecule has 0 aliphatic heterocycles. The Balaban J connectivity index is 3.23. The van der Waals surface area contributed by atoms with Crippen molar-refractivity contribution in [2.75, 3.05) is 33.2 Å². The van der Waals surface area contributed by atoms with Crippen molar-refractivity contribution in [2.45, 2.75) is 26.2 Å². The molecule has 0 radical (unpaired) electrons. The van der Waals surface area contributed by atoms with E-state index in [2.05, 4.69) is 23.1 Å². The fraction of sp³-hybridized carbons (Fsp3) is 0.818. The number of rotatable bonds is 8. The number of terminal acetylenes is 1. The zero-order valence-electron chi connectivity index (χ0n) is 8.97. The molecule has 0 fully saturated rings. The molecule has 76 valence electrons. The molecule has 0 aliphatic rings. The number of hydrogen-bond donors (Lipinski definition) is 1. The van der Waals surface area contributed by atoms with Crippen LogP contribution in [0.5, 0.6) is 0 Å². The van der Waals surface area contributed by atoms with Crippen LogP contribution in [-0.4, -0.2) is 38.1 Å². The minimum absolute atomic E-state index is 0.794. The smallest absolute Gasteiger partial charge is 0.0598 e. The number of unbranched alkanes of at least 4 members (excludes halogenated alkanes) is 2. The first-order valence-electron chi connectivity index (χ1n) is 5.15. The quantitative estimate of drug-likeness (QED) is 0.450. The van der Waals surface area contributed by atoms with Gasteiger partial charge in [-0.1, -0.05) is 19.3 Å². The van der Waals surface area contributed by atoms with E-state index >= 15 is 0 Å². The van der Waals surface area contributed by atoms with Gasteiger partial charge in [0.15, 0.2) is 0 Å². The lowest BCUT2D eigenvalue weighted by Crippen LogP contribution is -2.24. The molecule has 0 atom stereocenters. The molecule has 0 aromatic rings. The van der Waals surface area contributed by atoms with E-state index in [0.717, 1.165) is 26.2 Å². The number of nitrogens with zero attached hydrogens (tertiary/aromatic N) is 1. The molecule has 2 heteroatoms. The van der Waals surface area contributed by atoms with Gasteiger partial charge in [0.25, 0.3) is 0 Å². The van der Waals surface area contributed by atoms with Crippen molar-refractivity contribution in [1.82, 2.24) is 10.2 Å². The molecular weight excluding hydrogens is 160 g/mol. The van der Waals surface area contributed by atoms with Crippen LogP contribution in [0.15, 0.2) is 0 Å². The normalized spacial score (nSPS) is 10.3. The van der Waals surface area contributed by atoms with Crippen LogP contribution in [0.1, 0.15) is 26.2 Å². The molecule has 0 amide bonds. The zero-order valence-corrected chi connectivity index (χ0v) is 8.97. The summed E-state index contributed by atoms with van der Waals surface area (Å²) in [5.41, 5.74) is 0. The maximum Gasteiger partial charge on any atom is 0.0598 e. The summed E-state index contributed by atoms with van der Waals surface area (Å²) in [5, 5.41) is 3.15. The molecule has 0 aromatic carbocycles. The van der Waals surface area contributed by atoms with Crippen LogP contribution >= 0.6 is 0 Å². The van der Waals surface area contributed by atoms with Gasteiger partial charge in [-0.05, 0) is 39.5 Å². The molecule has 0 aliphatic carbocycles. The van der Waals surface area contributed by atoms with Gasteiger partial charge in [0.2, 0.25) is 0 Å². The van der Waals surface area contributed by atoms with E-state index in [1.807, 2.05) is 7.05 Å². The molecule has 0 saturated heterocycles. The minimum atomic E-state index is 0.794. The highest BCUT2D eigenvalue weighted by Crippen LogP contribution is 1.97. The van der Waals surface area contributed by atoms with E-state index in [1.54, 1.807) is 0 Å². The third kappa shape index (κ3) is 7.83. The topological polar surface area (TPSA) is 15.3 Å². The van der Waals surface area contributed by atoms with E-state index in [-0.39, 0.29) is 0 Å². The van der Waals surface area contributed by atoms with E-state index in [4.69, 9.17) is 6.42 Å². The lowest BCUT2D eigenvalue weighted by atomic mass is 10.2. The molecule has 0 heterocycles. The lowest BCUT2D eigenvalue weighted by Gasteiger charge is -2.16. The molecule has 1 N–H and O–H groups in total. The van der Waals surface area contributed by atoms with Crippen molar-refractivity contribution in [3.8, 4) is 12.3 Å². The van der Waals surface area contributed by atoms with Crippen molar-refractivity contribution in [3.63, 3.8) is 0 Å². The molecule has 0 rings (SSSR count).